The molecule has 0 aromatic heterocycles. The van der Waals surface area contributed by atoms with Crippen LogP contribution in [0, 0.1) is 5.92 Å². The van der Waals surface area contributed by atoms with Crippen molar-refractivity contribution in [2.45, 2.75) is 50.9 Å². The molecule has 0 fully saturated rings. The van der Waals surface area contributed by atoms with Gasteiger partial charge in [-0.15, -0.1) is 0 Å². The minimum atomic E-state index is -1.25. The number of hydrogen-bond donors (Lipinski definition) is 7. The zero-order valence-corrected chi connectivity index (χ0v) is 19.0. The molecule has 1 rings (SSSR count). The van der Waals surface area contributed by atoms with Crippen LogP contribution in [0.3, 0.4) is 0 Å². The predicted octanol–water partition coefficient (Wildman–Crippen LogP) is -0.936. The Morgan fingerprint density at radius 1 is 1.00 bits per heavy atom. The first kappa shape index (κ1) is 27.4. The number of carbonyl (C=O) groups excluding carboxylic acids is 3. The Kier molecular flexibility index (Phi) is 11.7. The summed E-state index contributed by atoms with van der Waals surface area (Å²) in [5, 5.41) is 25.8. The smallest absolute Gasteiger partial charge is 0.327 e. The second kappa shape index (κ2) is 13.7. The van der Waals surface area contributed by atoms with Gasteiger partial charge in [-0.2, -0.15) is 12.6 Å². The lowest BCUT2D eigenvalue weighted by molar-refractivity contribution is -0.141. The lowest BCUT2D eigenvalue weighted by atomic mass is 9.96. The van der Waals surface area contributed by atoms with Gasteiger partial charge in [0.05, 0.1) is 6.61 Å². The molecule has 0 aliphatic carbocycles. The lowest BCUT2D eigenvalue weighted by Crippen LogP contribution is -2.59. The molecule has 0 aliphatic rings. The van der Waals surface area contributed by atoms with Crippen molar-refractivity contribution in [3.63, 3.8) is 0 Å². The van der Waals surface area contributed by atoms with Crippen LogP contribution in [0.4, 0.5) is 0 Å². The van der Waals surface area contributed by atoms with Crippen LogP contribution in [0.15, 0.2) is 30.3 Å². The Morgan fingerprint density at radius 2 is 1.59 bits per heavy atom. The van der Waals surface area contributed by atoms with Gasteiger partial charge in [0.2, 0.25) is 17.7 Å². The molecule has 0 bridgehead atoms. The summed E-state index contributed by atoms with van der Waals surface area (Å²) in [6.45, 7) is 3.00. The fourth-order valence-electron chi connectivity index (χ4n) is 2.82. The SMILES string of the molecule is CCC(C)C(NC(=O)C(N)CO)C(=O)NC(Cc1ccccc1)C(=O)NC(CS)C(=O)O. The van der Waals surface area contributed by atoms with Gasteiger partial charge in [0.1, 0.15) is 24.2 Å². The van der Waals surface area contributed by atoms with Crippen LogP contribution < -0.4 is 21.7 Å². The molecule has 7 N–H and O–H groups in total. The second-order valence-electron chi connectivity index (χ2n) is 7.49. The summed E-state index contributed by atoms with van der Waals surface area (Å²) in [5.74, 6) is -3.68. The Labute approximate surface area is 192 Å². The summed E-state index contributed by atoms with van der Waals surface area (Å²) in [6, 6.07) is 4.38. The van der Waals surface area contributed by atoms with Crippen molar-refractivity contribution < 1.29 is 29.4 Å². The van der Waals surface area contributed by atoms with Crippen molar-refractivity contribution in [1.29, 1.82) is 0 Å². The minimum absolute atomic E-state index is 0.106. The summed E-state index contributed by atoms with van der Waals surface area (Å²) < 4.78 is 0. The van der Waals surface area contributed by atoms with Crippen molar-refractivity contribution in [1.82, 2.24) is 16.0 Å². The number of carboxylic acid groups (broad SMARTS) is 1. The average Bonchev–Trinajstić information content (AvgIpc) is 2.79. The van der Waals surface area contributed by atoms with Gasteiger partial charge in [0.25, 0.3) is 0 Å². The van der Waals surface area contributed by atoms with E-state index in [1.807, 2.05) is 6.92 Å². The lowest BCUT2D eigenvalue weighted by Gasteiger charge is -2.27. The maximum Gasteiger partial charge on any atom is 0.327 e. The molecule has 0 radical (unpaired) electrons. The minimum Gasteiger partial charge on any atom is -0.480 e. The molecule has 3 amide bonds. The number of nitrogens with two attached hydrogens (primary N) is 1. The highest BCUT2D eigenvalue weighted by atomic mass is 32.1. The Hall–Kier alpha value is -2.63. The number of benzene rings is 1. The van der Waals surface area contributed by atoms with Crippen LogP contribution in [-0.2, 0) is 25.6 Å². The third-order valence-electron chi connectivity index (χ3n) is 5.04. The van der Waals surface area contributed by atoms with Gasteiger partial charge >= 0.3 is 5.97 Å². The monoisotopic (exact) mass is 468 g/mol. The Bertz CT molecular complexity index is 779. The highest BCUT2D eigenvalue weighted by Crippen LogP contribution is 2.10. The Morgan fingerprint density at radius 3 is 2.09 bits per heavy atom. The molecule has 0 spiro atoms. The van der Waals surface area contributed by atoms with Gasteiger partial charge in [0, 0.05) is 12.2 Å². The molecule has 32 heavy (non-hydrogen) atoms. The number of carbonyl (C=O) groups is 4. The number of rotatable bonds is 13. The van der Waals surface area contributed by atoms with Crippen LogP contribution >= 0.6 is 12.6 Å². The molecule has 5 atom stereocenters. The van der Waals surface area contributed by atoms with E-state index in [2.05, 4.69) is 28.6 Å². The maximum absolute atomic E-state index is 13.0. The second-order valence-corrected chi connectivity index (χ2v) is 7.86. The van der Waals surface area contributed by atoms with Gasteiger partial charge in [-0.1, -0.05) is 50.6 Å². The van der Waals surface area contributed by atoms with E-state index in [1.54, 1.807) is 37.3 Å². The standard InChI is InChI=1S/C21H32N4O6S/c1-3-12(2)17(25-18(27)14(22)10-26)20(29)23-15(9-13-7-5-4-6-8-13)19(28)24-16(11-32)21(30)31/h4-8,12,14-17,26,32H,3,9-11,22H2,1-2H3,(H,23,29)(H,24,28)(H,25,27)(H,30,31). The van der Waals surface area contributed by atoms with Crippen molar-refractivity contribution in [2.75, 3.05) is 12.4 Å². The summed E-state index contributed by atoms with van der Waals surface area (Å²) in [5.41, 5.74) is 6.28. The summed E-state index contributed by atoms with van der Waals surface area (Å²) >= 11 is 3.94. The van der Waals surface area contributed by atoms with E-state index in [1.165, 1.54) is 0 Å². The number of carboxylic acids is 1. The Balaban J connectivity index is 3.10. The van der Waals surface area contributed by atoms with Crippen LogP contribution in [0.1, 0.15) is 25.8 Å². The average molecular weight is 469 g/mol. The summed E-state index contributed by atoms with van der Waals surface area (Å²) in [7, 11) is 0. The number of amides is 3. The summed E-state index contributed by atoms with van der Waals surface area (Å²) in [4.78, 5) is 49.3. The van der Waals surface area contributed by atoms with Crippen LogP contribution in [0.25, 0.3) is 0 Å². The van der Waals surface area contributed by atoms with Crippen molar-refractivity contribution in [2.24, 2.45) is 11.7 Å². The zero-order chi connectivity index (χ0) is 24.3. The van der Waals surface area contributed by atoms with E-state index in [0.29, 0.717) is 6.42 Å². The van der Waals surface area contributed by atoms with E-state index in [0.717, 1.165) is 5.56 Å². The van der Waals surface area contributed by atoms with E-state index in [9.17, 15) is 24.3 Å². The third kappa shape index (κ3) is 8.48. The molecule has 0 heterocycles. The predicted molar refractivity (Wildman–Crippen MR) is 122 cm³/mol. The molecule has 11 heteroatoms. The molecule has 0 saturated carbocycles. The molecule has 178 valence electrons. The molecule has 0 saturated heterocycles. The first-order chi connectivity index (χ1) is 15.1. The molecule has 0 aliphatic heterocycles. The third-order valence-corrected chi connectivity index (χ3v) is 5.40. The van der Waals surface area contributed by atoms with Crippen molar-refractivity contribution in [3.8, 4) is 0 Å². The number of aliphatic hydroxyl groups excluding tert-OH is 1. The molecule has 10 nitrogen and oxygen atoms in total. The van der Waals surface area contributed by atoms with Gasteiger partial charge in [-0.05, 0) is 11.5 Å². The number of aliphatic carboxylic acids is 1. The number of aliphatic hydroxyl groups is 1. The highest BCUT2D eigenvalue weighted by Gasteiger charge is 2.32. The zero-order valence-electron chi connectivity index (χ0n) is 18.2. The van der Waals surface area contributed by atoms with Crippen LogP contribution in [0.2, 0.25) is 0 Å². The van der Waals surface area contributed by atoms with E-state index in [4.69, 9.17) is 10.8 Å². The van der Waals surface area contributed by atoms with E-state index < -0.39 is 54.5 Å². The largest absolute Gasteiger partial charge is 0.480 e. The molecule has 1 aromatic carbocycles. The van der Waals surface area contributed by atoms with Gasteiger partial charge < -0.3 is 31.9 Å². The molecular weight excluding hydrogens is 436 g/mol. The fourth-order valence-corrected chi connectivity index (χ4v) is 3.07. The summed E-state index contributed by atoms with van der Waals surface area (Å²) in [6.07, 6.45) is 0.650. The van der Waals surface area contributed by atoms with Gasteiger partial charge in [-0.3, -0.25) is 14.4 Å². The number of hydrogen-bond acceptors (Lipinski definition) is 7. The van der Waals surface area contributed by atoms with Gasteiger partial charge in [0.15, 0.2) is 0 Å². The fraction of sp³-hybridized carbons (Fsp3) is 0.524. The molecule has 5 unspecified atom stereocenters. The number of thiol groups is 1. The topological polar surface area (TPSA) is 171 Å². The van der Waals surface area contributed by atoms with Crippen LogP contribution in [-0.4, -0.2) is 70.4 Å². The van der Waals surface area contributed by atoms with Crippen molar-refractivity contribution in [3.05, 3.63) is 35.9 Å². The normalized spacial score (nSPS) is 15.5. The maximum atomic E-state index is 13.0. The molecular formula is C21H32N4O6S. The van der Waals surface area contributed by atoms with Crippen molar-refractivity contribution >= 4 is 36.3 Å². The van der Waals surface area contributed by atoms with Gasteiger partial charge in [-0.25, -0.2) is 4.79 Å². The first-order valence-electron chi connectivity index (χ1n) is 10.3. The number of nitrogens with one attached hydrogen (secondary N) is 3. The first-order valence-corrected chi connectivity index (χ1v) is 10.9. The molecule has 1 aromatic rings. The van der Waals surface area contributed by atoms with E-state index >= 15 is 0 Å². The van der Waals surface area contributed by atoms with E-state index in [-0.39, 0.29) is 18.1 Å². The highest BCUT2D eigenvalue weighted by molar-refractivity contribution is 7.80. The quantitative estimate of drug-likeness (QED) is 0.183. The van der Waals surface area contributed by atoms with Crippen LogP contribution in [0.5, 0.6) is 0 Å².